The number of hydrogen-bond donors (Lipinski definition) is 1. The Morgan fingerprint density at radius 2 is 2.13 bits per heavy atom. The summed E-state index contributed by atoms with van der Waals surface area (Å²) in [7, 11) is 1.64. The first-order valence-electron chi connectivity index (χ1n) is 11.1. The first-order valence-corrected chi connectivity index (χ1v) is 11.9. The standard InChI is InChI=1S/C24H32N2O4S/c1-17(27)13-25(14-18-6-7-18)15-24(28)26-10-8-23-21(9-11-31-23)22(26)16-30-20-5-3-4-19(12-20)29-2/h3-5,9,11-12,17-18,22,27H,6-8,10,13-16H2,1-2H3/t17-,22-/m1/s1. The van der Waals surface area contributed by atoms with E-state index in [0.717, 1.165) is 24.5 Å². The number of aliphatic hydroxyl groups is 1. The van der Waals surface area contributed by atoms with Crippen LogP contribution in [-0.2, 0) is 11.2 Å². The van der Waals surface area contributed by atoms with Gasteiger partial charge < -0.3 is 19.5 Å². The second-order valence-corrected chi connectivity index (χ2v) is 9.63. The fourth-order valence-corrected chi connectivity index (χ4v) is 5.19. The second kappa shape index (κ2) is 10.0. The maximum Gasteiger partial charge on any atom is 0.237 e. The van der Waals surface area contributed by atoms with Gasteiger partial charge in [-0.3, -0.25) is 9.69 Å². The summed E-state index contributed by atoms with van der Waals surface area (Å²) in [5, 5.41) is 12.0. The molecular formula is C24H32N2O4S. The lowest BCUT2D eigenvalue weighted by atomic mass is 10.0. The number of methoxy groups -OCH3 is 1. The Balaban J connectivity index is 1.47. The van der Waals surface area contributed by atoms with Crippen LogP contribution >= 0.6 is 11.3 Å². The Kier molecular flexibility index (Phi) is 7.15. The highest BCUT2D eigenvalue weighted by atomic mass is 32.1. The number of fused-ring (bicyclic) bond motifs is 1. The summed E-state index contributed by atoms with van der Waals surface area (Å²) in [5.74, 6) is 2.26. The first kappa shape index (κ1) is 22.1. The maximum absolute atomic E-state index is 13.4. The molecule has 1 fully saturated rings. The third kappa shape index (κ3) is 5.79. The Hall–Kier alpha value is -2.09. The van der Waals surface area contributed by atoms with E-state index in [0.29, 0.717) is 32.2 Å². The van der Waals surface area contributed by atoms with Crippen LogP contribution in [0.3, 0.4) is 0 Å². The van der Waals surface area contributed by atoms with Crippen LogP contribution in [0.25, 0.3) is 0 Å². The minimum Gasteiger partial charge on any atom is -0.497 e. The topological polar surface area (TPSA) is 62.2 Å². The van der Waals surface area contributed by atoms with Crippen molar-refractivity contribution in [1.29, 1.82) is 0 Å². The van der Waals surface area contributed by atoms with Crippen LogP contribution in [0, 0.1) is 5.92 Å². The number of ether oxygens (including phenoxy) is 2. The Labute approximate surface area is 188 Å². The molecule has 1 aromatic carbocycles. The van der Waals surface area contributed by atoms with E-state index in [4.69, 9.17) is 9.47 Å². The number of carbonyl (C=O) groups excluding carboxylic acids is 1. The van der Waals surface area contributed by atoms with Gasteiger partial charge >= 0.3 is 0 Å². The zero-order valence-corrected chi connectivity index (χ0v) is 19.1. The van der Waals surface area contributed by atoms with Crippen molar-refractivity contribution in [1.82, 2.24) is 9.80 Å². The van der Waals surface area contributed by atoms with Crippen molar-refractivity contribution < 1.29 is 19.4 Å². The van der Waals surface area contributed by atoms with Gasteiger partial charge in [0.15, 0.2) is 0 Å². The predicted molar refractivity (Wildman–Crippen MR) is 122 cm³/mol. The van der Waals surface area contributed by atoms with Crippen LogP contribution in [0.5, 0.6) is 11.5 Å². The molecule has 1 aliphatic carbocycles. The molecule has 2 heterocycles. The molecule has 4 rings (SSSR count). The molecular weight excluding hydrogens is 412 g/mol. The Bertz CT molecular complexity index is 876. The number of carbonyl (C=O) groups is 1. The molecule has 2 atom stereocenters. The summed E-state index contributed by atoms with van der Waals surface area (Å²) in [6.07, 6.45) is 2.89. The number of hydrogen-bond acceptors (Lipinski definition) is 6. The van der Waals surface area contributed by atoms with Crippen LogP contribution in [0.15, 0.2) is 35.7 Å². The highest BCUT2D eigenvalue weighted by Crippen LogP contribution is 2.35. The van der Waals surface area contributed by atoms with E-state index >= 15 is 0 Å². The van der Waals surface area contributed by atoms with E-state index in [1.807, 2.05) is 29.2 Å². The lowest BCUT2D eigenvalue weighted by molar-refractivity contribution is -0.136. The molecule has 7 heteroatoms. The molecule has 1 amide bonds. The molecule has 0 bridgehead atoms. The Morgan fingerprint density at radius 3 is 2.87 bits per heavy atom. The minimum atomic E-state index is -0.441. The summed E-state index contributed by atoms with van der Waals surface area (Å²) >= 11 is 1.75. The molecule has 1 aromatic heterocycles. The van der Waals surface area contributed by atoms with Crippen LogP contribution in [0.1, 0.15) is 36.2 Å². The number of amides is 1. The quantitative estimate of drug-likeness (QED) is 0.609. The highest BCUT2D eigenvalue weighted by molar-refractivity contribution is 7.10. The maximum atomic E-state index is 13.4. The zero-order chi connectivity index (χ0) is 21.8. The third-order valence-electron chi connectivity index (χ3n) is 5.96. The van der Waals surface area contributed by atoms with Gasteiger partial charge in [0.25, 0.3) is 0 Å². The van der Waals surface area contributed by atoms with Crippen molar-refractivity contribution in [3.63, 3.8) is 0 Å². The predicted octanol–water partition coefficient (Wildman–Crippen LogP) is 3.35. The summed E-state index contributed by atoms with van der Waals surface area (Å²) in [6, 6.07) is 9.58. The Morgan fingerprint density at radius 1 is 1.32 bits per heavy atom. The van der Waals surface area contributed by atoms with Gasteiger partial charge in [-0.15, -0.1) is 11.3 Å². The van der Waals surface area contributed by atoms with E-state index in [9.17, 15) is 9.90 Å². The molecule has 1 aliphatic heterocycles. The number of rotatable bonds is 10. The normalized spacial score (nSPS) is 19.2. The minimum absolute atomic E-state index is 0.108. The van der Waals surface area contributed by atoms with E-state index in [1.165, 1.54) is 23.3 Å². The lowest BCUT2D eigenvalue weighted by Crippen LogP contribution is -2.48. The molecule has 1 saturated carbocycles. The molecule has 0 radical (unpaired) electrons. The van der Waals surface area contributed by atoms with Gasteiger partial charge in [0.05, 0.1) is 25.8 Å². The molecule has 0 spiro atoms. The fraction of sp³-hybridized carbons (Fsp3) is 0.542. The molecule has 0 unspecified atom stereocenters. The molecule has 6 nitrogen and oxygen atoms in total. The lowest BCUT2D eigenvalue weighted by Gasteiger charge is -2.37. The number of benzene rings is 1. The van der Waals surface area contributed by atoms with Crippen molar-refractivity contribution >= 4 is 17.2 Å². The zero-order valence-electron chi connectivity index (χ0n) is 18.3. The van der Waals surface area contributed by atoms with E-state index < -0.39 is 6.10 Å². The van der Waals surface area contributed by atoms with Gasteiger partial charge in [-0.05, 0) is 61.2 Å². The molecule has 2 aliphatic rings. The van der Waals surface area contributed by atoms with Crippen LogP contribution in [0.2, 0.25) is 0 Å². The SMILES string of the molecule is COc1cccc(OC[C@@H]2c3ccsc3CCN2C(=O)CN(CC2CC2)C[C@@H](C)O)c1. The van der Waals surface area contributed by atoms with E-state index in [1.54, 1.807) is 25.4 Å². The van der Waals surface area contributed by atoms with Crippen LogP contribution in [-0.4, -0.2) is 66.8 Å². The number of nitrogens with zero attached hydrogens (tertiary/aromatic N) is 2. The number of aliphatic hydroxyl groups excluding tert-OH is 1. The average Bonchev–Trinajstić information content (AvgIpc) is 3.43. The summed E-state index contributed by atoms with van der Waals surface area (Å²) in [4.78, 5) is 18.8. The molecule has 2 aromatic rings. The van der Waals surface area contributed by atoms with Gasteiger partial charge in [0, 0.05) is 30.6 Å². The smallest absolute Gasteiger partial charge is 0.237 e. The second-order valence-electron chi connectivity index (χ2n) is 8.63. The van der Waals surface area contributed by atoms with Gasteiger partial charge in [0.1, 0.15) is 18.1 Å². The largest absolute Gasteiger partial charge is 0.497 e. The van der Waals surface area contributed by atoms with Gasteiger partial charge in [-0.25, -0.2) is 0 Å². The van der Waals surface area contributed by atoms with Crippen molar-refractivity contribution in [2.75, 3.05) is 39.9 Å². The van der Waals surface area contributed by atoms with E-state index in [-0.39, 0.29) is 11.9 Å². The van der Waals surface area contributed by atoms with Crippen LogP contribution in [0.4, 0.5) is 0 Å². The molecule has 168 valence electrons. The van der Waals surface area contributed by atoms with Gasteiger partial charge in [-0.1, -0.05) is 6.07 Å². The van der Waals surface area contributed by atoms with Crippen molar-refractivity contribution in [2.24, 2.45) is 5.92 Å². The van der Waals surface area contributed by atoms with Gasteiger partial charge in [0.2, 0.25) is 5.91 Å². The first-order chi connectivity index (χ1) is 15.0. The molecule has 0 saturated heterocycles. The highest BCUT2D eigenvalue weighted by Gasteiger charge is 2.34. The van der Waals surface area contributed by atoms with E-state index in [2.05, 4.69) is 16.3 Å². The van der Waals surface area contributed by atoms with Crippen LogP contribution < -0.4 is 9.47 Å². The van der Waals surface area contributed by atoms with Crippen molar-refractivity contribution in [3.05, 3.63) is 46.2 Å². The molecule has 31 heavy (non-hydrogen) atoms. The summed E-state index contributed by atoms with van der Waals surface area (Å²) in [5.41, 5.74) is 1.19. The summed E-state index contributed by atoms with van der Waals surface area (Å²) < 4.78 is 11.4. The molecule has 1 N–H and O–H groups in total. The fourth-order valence-electron chi connectivity index (χ4n) is 4.27. The van der Waals surface area contributed by atoms with Crippen molar-refractivity contribution in [2.45, 2.75) is 38.3 Å². The summed E-state index contributed by atoms with van der Waals surface area (Å²) in [6.45, 7) is 4.65. The monoisotopic (exact) mass is 444 g/mol. The number of thiophene rings is 1. The third-order valence-corrected chi connectivity index (χ3v) is 6.96. The van der Waals surface area contributed by atoms with Gasteiger partial charge in [-0.2, -0.15) is 0 Å². The average molecular weight is 445 g/mol. The van der Waals surface area contributed by atoms with Crippen molar-refractivity contribution in [3.8, 4) is 11.5 Å².